The third kappa shape index (κ3) is 1.93. The van der Waals surface area contributed by atoms with Gasteiger partial charge in [0.1, 0.15) is 5.69 Å². The quantitative estimate of drug-likeness (QED) is 0.754. The first-order valence-electron chi connectivity index (χ1n) is 4.51. The molecule has 0 atom stereocenters. The molecule has 0 aliphatic carbocycles. The van der Waals surface area contributed by atoms with E-state index in [1.54, 1.807) is 25.3 Å². The summed E-state index contributed by atoms with van der Waals surface area (Å²) in [5, 5.41) is 3.74. The molecule has 2 heterocycles. The van der Waals surface area contributed by atoms with Gasteiger partial charge in [-0.15, -0.1) is 0 Å². The molecule has 2 aromatic rings. The lowest BCUT2D eigenvalue weighted by Gasteiger charge is -1.90. The molecule has 0 amide bonds. The second-order valence-electron chi connectivity index (χ2n) is 2.93. The summed E-state index contributed by atoms with van der Waals surface area (Å²) in [6, 6.07) is 6.95. The first-order chi connectivity index (χ1) is 7.31. The van der Waals surface area contributed by atoms with Crippen molar-refractivity contribution in [2.45, 2.75) is 6.92 Å². The molecule has 4 heteroatoms. The maximum atomic E-state index is 13.1. The predicted octanol–water partition coefficient (Wildman–Crippen LogP) is 3.07. The van der Waals surface area contributed by atoms with Crippen molar-refractivity contribution >= 4 is 5.83 Å². The molecular formula is C11H9FN2O. The minimum absolute atomic E-state index is 0.123. The van der Waals surface area contributed by atoms with Crippen molar-refractivity contribution in [1.29, 1.82) is 0 Å². The van der Waals surface area contributed by atoms with Gasteiger partial charge in [-0.2, -0.15) is 0 Å². The molecule has 2 aromatic heterocycles. The number of rotatable bonds is 2. The molecule has 0 saturated heterocycles. The van der Waals surface area contributed by atoms with Gasteiger partial charge in [-0.1, -0.05) is 11.2 Å². The van der Waals surface area contributed by atoms with Crippen molar-refractivity contribution in [3.05, 3.63) is 42.3 Å². The molecule has 0 aliphatic heterocycles. The molecule has 0 fully saturated rings. The van der Waals surface area contributed by atoms with Gasteiger partial charge in [0.25, 0.3) is 0 Å². The molecule has 0 radical (unpaired) electrons. The molecule has 0 N–H and O–H groups in total. The summed E-state index contributed by atoms with van der Waals surface area (Å²) in [6.07, 6.45) is 2.97. The molecule has 0 saturated carbocycles. The van der Waals surface area contributed by atoms with Crippen LogP contribution >= 0.6 is 0 Å². The van der Waals surface area contributed by atoms with E-state index in [9.17, 15) is 4.39 Å². The van der Waals surface area contributed by atoms with Crippen molar-refractivity contribution in [2.24, 2.45) is 0 Å². The van der Waals surface area contributed by atoms with E-state index in [1.807, 2.05) is 6.07 Å². The highest BCUT2D eigenvalue weighted by Crippen LogP contribution is 2.21. The van der Waals surface area contributed by atoms with Gasteiger partial charge in [0.2, 0.25) is 0 Å². The summed E-state index contributed by atoms with van der Waals surface area (Å²) < 4.78 is 17.9. The molecule has 15 heavy (non-hydrogen) atoms. The minimum atomic E-state index is -0.426. The molecule has 0 aromatic carbocycles. The fourth-order valence-electron chi connectivity index (χ4n) is 1.17. The lowest BCUT2D eigenvalue weighted by atomic mass is 10.2. The van der Waals surface area contributed by atoms with E-state index >= 15 is 0 Å². The van der Waals surface area contributed by atoms with Gasteiger partial charge < -0.3 is 4.52 Å². The van der Waals surface area contributed by atoms with Crippen LogP contribution in [-0.2, 0) is 0 Å². The molecule has 2 rings (SSSR count). The zero-order valence-corrected chi connectivity index (χ0v) is 8.14. The maximum Gasteiger partial charge on any atom is 0.195 e. The maximum absolute atomic E-state index is 13.1. The molecule has 0 aliphatic rings. The van der Waals surface area contributed by atoms with E-state index in [1.165, 1.54) is 12.1 Å². The topological polar surface area (TPSA) is 38.9 Å². The van der Waals surface area contributed by atoms with Gasteiger partial charge in [0, 0.05) is 12.3 Å². The van der Waals surface area contributed by atoms with Crippen LogP contribution in [0, 0.1) is 0 Å². The number of halogens is 1. The second-order valence-corrected chi connectivity index (χ2v) is 2.93. The van der Waals surface area contributed by atoms with Crippen LogP contribution in [0.2, 0.25) is 0 Å². The van der Waals surface area contributed by atoms with Crippen LogP contribution < -0.4 is 0 Å². The average molecular weight is 204 g/mol. The number of nitrogens with zero attached hydrogens (tertiary/aromatic N) is 2. The number of aromatic nitrogens is 2. The van der Waals surface area contributed by atoms with E-state index < -0.39 is 5.83 Å². The van der Waals surface area contributed by atoms with Crippen molar-refractivity contribution in [2.75, 3.05) is 0 Å². The minimum Gasteiger partial charge on any atom is -0.353 e. The zero-order chi connectivity index (χ0) is 10.7. The fraction of sp³-hybridized carbons (Fsp3) is 0.0909. The summed E-state index contributed by atoms with van der Waals surface area (Å²) in [5.41, 5.74) is 1.19. The highest BCUT2D eigenvalue weighted by Gasteiger charge is 2.09. The first-order valence-corrected chi connectivity index (χ1v) is 4.51. The van der Waals surface area contributed by atoms with E-state index in [4.69, 9.17) is 4.52 Å². The van der Waals surface area contributed by atoms with Crippen LogP contribution in [0.15, 0.2) is 41.1 Å². The summed E-state index contributed by atoms with van der Waals surface area (Å²) >= 11 is 0. The molecule has 0 spiro atoms. The summed E-state index contributed by atoms with van der Waals surface area (Å²) in [4.78, 5) is 4.08. The number of hydrogen-bond acceptors (Lipinski definition) is 3. The van der Waals surface area contributed by atoms with Crippen molar-refractivity contribution < 1.29 is 8.91 Å². The molecular weight excluding hydrogens is 195 g/mol. The van der Waals surface area contributed by atoms with Crippen molar-refractivity contribution in [1.82, 2.24) is 10.1 Å². The van der Waals surface area contributed by atoms with Crippen LogP contribution in [0.3, 0.4) is 0 Å². The largest absolute Gasteiger partial charge is 0.353 e. The second kappa shape index (κ2) is 4.04. The predicted molar refractivity (Wildman–Crippen MR) is 54.5 cm³/mol. The van der Waals surface area contributed by atoms with Crippen LogP contribution in [0.1, 0.15) is 12.7 Å². The van der Waals surface area contributed by atoms with E-state index in [2.05, 4.69) is 10.1 Å². The normalized spacial score (nSPS) is 11.7. The Morgan fingerprint density at radius 3 is 2.93 bits per heavy atom. The lowest BCUT2D eigenvalue weighted by molar-refractivity contribution is 0.403. The van der Waals surface area contributed by atoms with Gasteiger partial charge in [-0.05, 0) is 25.1 Å². The number of allylic oxidation sites excluding steroid dienone is 1. The van der Waals surface area contributed by atoms with E-state index in [0.717, 1.165) is 0 Å². The standard InChI is InChI=1S/C11H9FN2O/c1-2-8(12)11-7-10(14-15-11)9-5-3-4-6-13-9/h2-7H,1H3/b8-2-. The highest BCUT2D eigenvalue weighted by molar-refractivity contribution is 5.61. The Morgan fingerprint density at radius 2 is 2.27 bits per heavy atom. The monoisotopic (exact) mass is 204 g/mol. The molecule has 76 valence electrons. The van der Waals surface area contributed by atoms with Gasteiger partial charge in [-0.25, -0.2) is 4.39 Å². The third-order valence-electron chi connectivity index (χ3n) is 1.93. The lowest BCUT2D eigenvalue weighted by Crippen LogP contribution is -1.79. The van der Waals surface area contributed by atoms with Crippen LogP contribution in [0.5, 0.6) is 0 Å². The zero-order valence-electron chi connectivity index (χ0n) is 8.14. The van der Waals surface area contributed by atoms with Gasteiger partial charge in [0.15, 0.2) is 11.6 Å². The Hall–Kier alpha value is -1.97. The van der Waals surface area contributed by atoms with Crippen molar-refractivity contribution in [3.8, 4) is 11.4 Å². The fourth-order valence-corrected chi connectivity index (χ4v) is 1.17. The van der Waals surface area contributed by atoms with Crippen LogP contribution in [0.25, 0.3) is 17.2 Å². The third-order valence-corrected chi connectivity index (χ3v) is 1.93. The van der Waals surface area contributed by atoms with E-state index in [-0.39, 0.29) is 5.76 Å². The Morgan fingerprint density at radius 1 is 1.40 bits per heavy atom. The van der Waals surface area contributed by atoms with Crippen molar-refractivity contribution in [3.63, 3.8) is 0 Å². The summed E-state index contributed by atoms with van der Waals surface area (Å²) in [7, 11) is 0. The Balaban J connectivity index is 2.36. The van der Waals surface area contributed by atoms with Crippen LogP contribution in [-0.4, -0.2) is 10.1 Å². The highest BCUT2D eigenvalue weighted by atomic mass is 19.1. The van der Waals surface area contributed by atoms with Gasteiger partial charge in [0.05, 0.1) is 5.69 Å². The van der Waals surface area contributed by atoms with Gasteiger partial charge >= 0.3 is 0 Å². The number of hydrogen-bond donors (Lipinski definition) is 0. The SMILES string of the molecule is C/C=C(\F)c1cc(-c2ccccn2)no1. The number of pyridine rings is 1. The summed E-state index contributed by atoms with van der Waals surface area (Å²) in [5.74, 6) is -0.303. The molecule has 3 nitrogen and oxygen atoms in total. The Kier molecular flexibility index (Phi) is 2.58. The first kappa shape index (κ1) is 9.58. The molecule has 0 unspecified atom stereocenters. The van der Waals surface area contributed by atoms with Gasteiger partial charge in [-0.3, -0.25) is 4.98 Å². The molecule has 0 bridgehead atoms. The van der Waals surface area contributed by atoms with E-state index in [0.29, 0.717) is 11.4 Å². The van der Waals surface area contributed by atoms with Crippen LogP contribution in [0.4, 0.5) is 4.39 Å². The Bertz CT molecular complexity index is 476. The average Bonchev–Trinajstić information content (AvgIpc) is 2.78. The smallest absolute Gasteiger partial charge is 0.195 e. The Labute approximate surface area is 86.2 Å². The summed E-state index contributed by atoms with van der Waals surface area (Å²) in [6.45, 7) is 1.60.